The predicted octanol–water partition coefficient (Wildman–Crippen LogP) is 3.82. The Kier molecular flexibility index (Phi) is 7.33. The van der Waals surface area contributed by atoms with Crippen molar-refractivity contribution in [1.29, 1.82) is 0 Å². The molecule has 1 aliphatic heterocycles. The van der Waals surface area contributed by atoms with E-state index in [-0.39, 0.29) is 18.2 Å². The molecule has 0 spiro atoms. The Hall–Kier alpha value is -2.06. The molecule has 1 atom stereocenters. The monoisotopic (exact) mass is 420 g/mol. The summed E-state index contributed by atoms with van der Waals surface area (Å²) in [6, 6.07) is 10.5. The van der Waals surface area contributed by atoms with E-state index in [1.807, 2.05) is 12.3 Å². The van der Waals surface area contributed by atoms with Gasteiger partial charge in [-0.15, -0.1) is 23.7 Å². The van der Waals surface area contributed by atoms with Gasteiger partial charge < -0.3 is 10.1 Å². The number of nitrogens with one attached hydrogen (secondary N) is 1. The second-order valence-corrected chi connectivity index (χ2v) is 7.39. The summed E-state index contributed by atoms with van der Waals surface area (Å²) in [7, 11) is 0. The number of halogens is 2. The molecule has 0 saturated carbocycles. The van der Waals surface area contributed by atoms with E-state index < -0.39 is 0 Å². The highest BCUT2D eigenvalue weighted by atomic mass is 35.5. The number of hydrogen-bond donors (Lipinski definition) is 1. The van der Waals surface area contributed by atoms with Gasteiger partial charge >= 0.3 is 0 Å². The van der Waals surface area contributed by atoms with E-state index in [2.05, 4.69) is 26.6 Å². The second-order valence-electron chi connectivity index (χ2n) is 6.45. The van der Waals surface area contributed by atoms with Gasteiger partial charge in [0.15, 0.2) is 0 Å². The first-order valence-corrected chi connectivity index (χ1v) is 9.82. The first-order valence-electron chi connectivity index (χ1n) is 8.94. The zero-order chi connectivity index (χ0) is 18.5. The molecule has 3 heterocycles. The standard InChI is InChI=1S/C20H21FN4OS.ClH/c21-16-3-5-18(6-4-16)26-13-20-24-17(14-27-20)12-25-9-8-23-11-19(25)15-2-1-7-22-10-15;/h1-7,10,14,19,23H,8-9,11-13H2;1H. The third kappa shape index (κ3) is 5.26. The first-order chi connectivity index (χ1) is 13.3. The molecule has 148 valence electrons. The molecule has 1 unspecified atom stereocenters. The van der Waals surface area contributed by atoms with Crippen LogP contribution in [0.15, 0.2) is 54.2 Å². The van der Waals surface area contributed by atoms with E-state index in [1.165, 1.54) is 17.7 Å². The summed E-state index contributed by atoms with van der Waals surface area (Å²) in [5.74, 6) is 0.380. The Bertz CT molecular complexity index is 862. The Morgan fingerprint density at radius 1 is 1.25 bits per heavy atom. The predicted molar refractivity (Wildman–Crippen MR) is 110 cm³/mol. The smallest absolute Gasteiger partial charge is 0.140 e. The molecule has 0 aliphatic carbocycles. The Balaban J connectivity index is 0.00000225. The van der Waals surface area contributed by atoms with E-state index in [9.17, 15) is 4.39 Å². The molecule has 1 aliphatic rings. The summed E-state index contributed by atoms with van der Waals surface area (Å²) in [4.78, 5) is 11.4. The summed E-state index contributed by atoms with van der Waals surface area (Å²) >= 11 is 1.59. The van der Waals surface area contributed by atoms with E-state index in [4.69, 9.17) is 9.72 Å². The molecule has 2 aromatic heterocycles. The lowest BCUT2D eigenvalue weighted by molar-refractivity contribution is 0.152. The number of hydrogen-bond acceptors (Lipinski definition) is 6. The van der Waals surface area contributed by atoms with E-state index >= 15 is 0 Å². The fraction of sp³-hybridized carbons (Fsp3) is 0.300. The van der Waals surface area contributed by atoms with E-state index in [1.54, 1.807) is 29.7 Å². The number of benzene rings is 1. The van der Waals surface area contributed by atoms with Crippen LogP contribution in [0.5, 0.6) is 5.75 Å². The Morgan fingerprint density at radius 3 is 2.89 bits per heavy atom. The Morgan fingerprint density at radius 2 is 2.11 bits per heavy atom. The molecule has 8 heteroatoms. The van der Waals surface area contributed by atoms with Gasteiger partial charge in [-0.1, -0.05) is 6.07 Å². The average molecular weight is 421 g/mol. The Labute approximate surface area is 174 Å². The molecule has 1 N–H and O–H groups in total. The van der Waals surface area contributed by atoms with Crippen molar-refractivity contribution in [3.63, 3.8) is 0 Å². The maximum atomic E-state index is 13.0. The van der Waals surface area contributed by atoms with Crippen molar-refractivity contribution in [3.8, 4) is 5.75 Å². The van der Waals surface area contributed by atoms with Crippen molar-refractivity contribution >= 4 is 23.7 Å². The molecule has 1 aromatic carbocycles. The van der Waals surface area contributed by atoms with Crippen LogP contribution in [-0.2, 0) is 13.2 Å². The van der Waals surface area contributed by atoms with Crippen molar-refractivity contribution in [1.82, 2.24) is 20.2 Å². The highest BCUT2D eigenvalue weighted by Crippen LogP contribution is 2.24. The lowest BCUT2D eigenvalue weighted by atomic mass is 10.1. The maximum absolute atomic E-state index is 13.0. The number of ether oxygens (including phenoxy) is 1. The molecule has 28 heavy (non-hydrogen) atoms. The zero-order valence-electron chi connectivity index (χ0n) is 15.3. The van der Waals surface area contributed by atoms with Gasteiger partial charge in [0.25, 0.3) is 0 Å². The fourth-order valence-corrected chi connectivity index (χ4v) is 3.91. The van der Waals surface area contributed by atoms with Gasteiger partial charge in [-0.2, -0.15) is 0 Å². The van der Waals surface area contributed by atoms with Gasteiger partial charge in [-0.25, -0.2) is 9.37 Å². The first kappa shape index (κ1) is 20.7. The molecule has 1 saturated heterocycles. The molecule has 1 fully saturated rings. The van der Waals surface area contributed by atoms with Crippen molar-refractivity contribution < 1.29 is 9.13 Å². The quantitative estimate of drug-likeness (QED) is 0.656. The van der Waals surface area contributed by atoms with Gasteiger partial charge in [0.2, 0.25) is 0 Å². The van der Waals surface area contributed by atoms with Crippen LogP contribution in [-0.4, -0.2) is 34.5 Å². The molecule has 5 nitrogen and oxygen atoms in total. The van der Waals surface area contributed by atoms with Crippen molar-refractivity contribution in [2.75, 3.05) is 19.6 Å². The van der Waals surface area contributed by atoms with Gasteiger partial charge in [0.05, 0.1) is 5.69 Å². The van der Waals surface area contributed by atoms with Gasteiger partial charge in [-0.05, 0) is 35.9 Å². The van der Waals surface area contributed by atoms with Crippen molar-refractivity contribution in [2.45, 2.75) is 19.2 Å². The van der Waals surface area contributed by atoms with Crippen LogP contribution in [0.25, 0.3) is 0 Å². The summed E-state index contributed by atoms with van der Waals surface area (Å²) in [5.41, 5.74) is 2.27. The van der Waals surface area contributed by atoms with E-state index in [0.717, 1.165) is 36.9 Å². The van der Waals surface area contributed by atoms with E-state index in [0.29, 0.717) is 18.4 Å². The average Bonchev–Trinajstić information content (AvgIpc) is 3.16. The SMILES string of the molecule is Cl.Fc1ccc(OCc2nc(CN3CCNCC3c3cccnc3)cs2)cc1. The van der Waals surface area contributed by atoms with Gasteiger partial charge in [-0.3, -0.25) is 9.88 Å². The summed E-state index contributed by atoms with van der Waals surface area (Å²) in [6.45, 7) is 4.05. The minimum absolute atomic E-state index is 0. The van der Waals surface area contributed by atoms with Crippen LogP contribution < -0.4 is 10.1 Å². The van der Waals surface area contributed by atoms with Gasteiger partial charge in [0.1, 0.15) is 23.2 Å². The van der Waals surface area contributed by atoms with Crippen LogP contribution in [0.1, 0.15) is 22.3 Å². The van der Waals surface area contributed by atoms with Crippen LogP contribution >= 0.6 is 23.7 Å². The largest absolute Gasteiger partial charge is 0.486 e. The van der Waals surface area contributed by atoms with Crippen LogP contribution in [0.2, 0.25) is 0 Å². The number of pyridine rings is 1. The minimum atomic E-state index is -0.266. The molecule has 0 radical (unpaired) electrons. The molecular formula is C20H22ClFN4OS. The highest BCUT2D eigenvalue weighted by molar-refractivity contribution is 7.09. The van der Waals surface area contributed by atoms with Crippen LogP contribution in [0.3, 0.4) is 0 Å². The second kappa shape index (κ2) is 9.93. The third-order valence-electron chi connectivity index (χ3n) is 4.56. The lowest BCUT2D eigenvalue weighted by Crippen LogP contribution is -2.45. The normalized spacial score (nSPS) is 17.1. The topological polar surface area (TPSA) is 50.3 Å². The number of thiazole rings is 1. The lowest BCUT2D eigenvalue weighted by Gasteiger charge is -2.35. The molecule has 4 rings (SSSR count). The minimum Gasteiger partial charge on any atom is -0.486 e. The summed E-state index contributed by atoms with van der Waals surface area (Å²) < 4.78 is 18.6. The number of rotatable bonds is 6. The molecular weight excluding hydrogens is 399 g/mol. The van der Waals surface area contributed by atoms with Crippen LogP contribution in [0.4, 0.5) is 4.39 Å². The van der Waals surface area contributed by atoms with Gasteiger partial charge in [0, 0.05) is 50.0 Å². The summed E-state index contributed by atoms with van der Waals surface area (Å²) in [6.07, 6.45) is 3.74. The zero-order valence-corrected chi connectivity index (χ0v) is 16.9. The molecule has 3 aromatic rings. The number of nitrogens with zero attached hydrogens (tertiary/aromatic N) is 3. The number of aromatic nitrogens is 2. The number of piperazine rings is 1. The maximum Gasteiger partial charge on any atom is 0.140 e. The van der Waals surface area contributed by atoms with Crippen LogP contribution in [0, 0.1) is 5.82 Å². The molecule has 0 bridgehead atoms. The summed E-state index contributed by atoms with van der Waals surface area (Å²) in [5, 5.41) is 6.47. The fourth-order valence-electron chi connectivity index (χ4n) is 3.21. The third-order valence-corrected chi connectivity index (χ3v) is 5.43. The van der Waals surface area contributed by atoms with Crippen molar-refractivity contribution in [3.05, 3.63) is 76.3 Å². The molecule has 0 amide bonds. The van der Waals surface area contributed by atoms with Crippen molar-refractivity contribution in [2.24, 2.45) is 0 Å². The highest BCUT2D eigenvalue weighted by Gasteiger charge is 2.24.